The maximum Gasteiger partial charge on any atom is 0.00952 e. The van der Waals surface area contributed by atoms with E-state index in [9.17, 15) is 0 Å². The van der Waals surface area contributed by atoms with Crippen molar-refractivity contribution in [3.8, 4) is 0 Å². The quantitative estimate of drug-likeness (QED) is 0.670. The summed E-state index contributed by atoms with van der Waals surface area (Å²) < 4.78 is 0. The average molecular weight is 280 g/mol. The average Bonchev–Trinajstić information content (AvgIpc) is 2.44. The molecule has 1 heteroatoms. The van der Waals surface area contributed by atoms with E-state index in [1.165, 1.54) is 96.3 Å². The molecule has 20 heavy (non-hydrogen) atoms. The molecular weight excluding hydrogens is 242 g/mol. The van der Waals surface area contributed by atoms with Gasteiger partial charge in [0.05, 0.1) is 0 Å². The fourth-order valence-electron chi connectivity index (χ4n) is 4.20. The minimum atomic E-state index is 0.819. The molecule has 0 aromatic rings. The van der Waals surface area contributed by atoms with Crippen molar-refractivity contribution in [2.45, 2.75) is 115 Å². The number of nitrogens with one attached hydrogen (secondary N) is 1. The van der Waals surface area contributed by atoms with E-state index >= 15 is 0 Å². The molecular formula is C19H37N. The maximum atomic E-state index is 4.06. The Kier molecular flexibility index (Phi) is 8.02. The molecule has 0 saturated heterocycles. The lowest BCUT2D eigenvalue weighted by atomic mass is 9.85. The van der Waals surface area contributed by atoms with E-state index in [0.717, 1.165) is 18.0 Å². The molecule has 0 spiro atoms. The second-order valence-corrected chi connectivity index (χ2v) is 7.49. The first kappa shape index (κ1) is 16.3. The SMILES string of the molecule is CC1CCCCC1NC1CCCCCCCCCCC1. The zero-order valence-corrected chi connectivity index (χ0v) is 13.8. The highest BCUT2D eigenvalue weighted by Crippen LogP contribution is 2.25. The standard InChI is InChI=1S/C19H37N/c1-17-13-11-12-16-19(17)20-18-14-9-7-5-3-2-4-6-8-10-15-18/h17-20H,2-16H2,1H3. The van der Waals surface area contributed by atoms with Crippen LogP contribution in [0.25, 0.3) is 0 Å². The number of hydrogen-bond acceptors (Lipinski definition) is 1. The van der Waals surface area contributed by atoms with Crippen molar-refractivity contribution in [1.82, 2.24) is 5.32 Å². The first-order chi connectivity index (χ1) is 9.86. The summed E-state index contributed by atoms with van der Waals surface area (Å²) in [6, 6.07) is 1.64. The summed E-state index contributed by atoms with van der Waals surface area (Å²) in [5.41, 5.74) is 0. The van der Waals surface area contributed by atoms with Crippen molar-refractivity contribution in [1.29, 1.82) is 0 Å². The minimum Gasteiger partial charge on any atom is -0.311 e. The second kappa shape index (κ2) is 9.82. The van der Waals surface area contributed by atoms with E-state index < -0.39 is 0 Å². The zero-order valence-electron chi connectivity index (χ0n) is 13.8. The van der Waals surface area contributed by atoms with Crippen LogP contribution in [0, 0.1) is 5.92 Å². The lowest BCUT2D eigenvalue weighted by molar-refractivity contribution is 0.243. The molecule has 2 aliphatic rings. The van der Waals surface area contributed by atoms with Crippen molar-refractivity contribution < 1.29 is 0 Å². The first-order valence-corrected chi connectivity index (χ1v) is 9.62. The molecule has 0 radical (unpaired) electrons. The summed E-state index contributed by atoms with van der Waals surface area (Å²) in [6.45, 7) is 2.46. The monoisotopic (exact) mass is 279 g/mol. The summed E-state index contributed by atoms with van der Waals surface area (Å²) >= 11 is 0. The van der Waals surface area contributed by atoms with E-state index in [1.807, 2.05) is 0 Å². The van der Waals surface area contributed by atoms with Crippen molar-refractivity contribution in [3.63, 3.8) is 0 Å². The van der Waals surface area contributed by atoms with E-state index in [-0.39, 0.29) is 0 Å². The van der Waals surface area contributed by atoms with Gasteiger partial charge in [-0.25, -0.2) is 0 Å². The molecule has 0 amide bonds. The summed E-state index contributed by atoms with van der Waals surface area (Å²) in [6.07, 6.45) is 21.9. The first-order valence-electron chi connectivity index (χ1n) is 9.62. The molecule has 2 rings (SSSR count). The van der Waals surface area contributed by atoms with Gasteiger partial charge in [0, 0.05) is 12.1 Å². The van der Waals surface area contributed by atoms with Crippen LogP contribution in [0.4, 0.5) is 0 Å². The van der Waals surface area contributed by atoms with Crippen molar-refractivity contribution in [3.05, 3.63) is 0 Å². The summed E-state index contributed by atoms with van der Waals surface area (Å²) in [4.78, 5) is 0. The molecule has 2 fully saturated rings. The molecule has 0 aromatic carbocycles. The van der Waals surface area contributed by atoms with Gasteiger partial charge in [0.15, 0.2) is 0 Å². The Morgan fingerprint density at radius 2 is 1.00 bits per heavy atom. The fraction of sp³-hybridized carbons (Fsp3) is 1.00. The molecule has 2 saturated carbocycles. The highest BCUT2D eigenvalue weighted by atomic mass is 15.0. The molecule has 1 N–H and O–H groups in total. The van der Waals surface area contributed by atoms with E-state index in [4.69, 9.17) is 0 Å². The van der Waals surface area contributed by atoms with Gasteiger partial charge in [-0.1, -0.05) is 77.6 Å². The smallest absolute Gasteiger partial charge is 0.00952 e. The van der Waals surface area contributed by atoms with Crippen LogP contribution in [0.1, 0.15) is 103 Å². The van der Waals surface area contributed by atoms with Gasteiger partial charge in [0.2, 0.25) is 0 Å². The van der Waals surface area contributed by atoms with Crippen molar-refractivity contribution in [2.24, 2.45) is 5.92 Å². The van der Waals surface area contributed by atoms with Crippen LogP contribution in [0.5, 0.6) is 0 Å². The maximum absolute atomic E-state index is 4.06. The largest absolute Gasteiger partial charge is 0.311 e. The van der Waals surface area contributed by atoms with Crippen LogP contribution in [0.15, 0.2) is 0 Å². The van der Waals surface area contributed by atoms with Crippen molar-refractivity contribution >= 4 is 0 Å². The van der Waals surface area contributed by atoms with E-state index in [2.05, 4.69) is 12.2 Å². The molecule has 2 unspecified atom stereocenters. The molecule has 0 heterocycles. The molecule has 118 valence electrons. The fourth-order valence-corrected chi connectivity index (χ4v) is 4.20. The van der Waals surface area contributed by atoms with E-state index in [0.29, 0.717) is 0 Å². The van der Waals surface area contributed by atoms with Gasteiger partial charge in [0.1, 0.15) is 0 Å². The third-order valence-corrected chi connectivity index (χ3v) is 5.67. The molecule has 1 nitrogen and oxygen atoms in total. The molecule has 0 aliphatic heterocycles. The zero-order chi connectivity index (χ0) is 14.0. The minimum absolute atomic E-state index is 0.819. The predicted molar refractivity (Wildman–Crippen MR) is 89.1 cm³/mol. The van der Waals surface area contributed by atoms with Gasteiger partial charge in [-0.2, -0.15) is 0 Å². The van der Waals surface area contributed by atoms with Crippen LogP contribution in [0.3, 0.4) is 0 Å². The van der Waals surface area contributed by atoms with Gasteiger partial charge in [-0.05, 0) is 31.6 Å². The Balaban J connectivity index is 1.75. The van der Waals surface area contributed by atoms with Crippen LogP contribution in [-0.2, 0) is 0 Å². The van der Waals surface area contributed by atoms with Crippen LogP contribution < -0.4 is 5.32 Å². The normalized spacial score (nSPS) is 32.2. The van der Waals surface area contributed by atoms with Gasteiger partial charge < -0.3 is 5.32 Å². The van der Waals surface area contributed by atoms with Gasteiger partial charge in [-0.15, -0.1) is 0 Å². The molecule has 0 aromatic heterocycles. The Labute approximate surface area is 127 Å². The van der Waals surface area contributed by atoms with Crippen molar-refractivity contribution in [2.75, 3.05) is 0 Å². The lowest BCUT2D eigenvalue weighted by Crippen LogP contribution is -2.43. The van der Waals surface area contributed by atoms with Crippen LogP contribution >= 0.6 is 0 Å². The summed E-state index contributed by atoms with van der Waals surface area (Å²) in [5, 5.41) is 4.06. The number of hydrogen-bond donors (Lipinski definition) is 1. The van der Waals surface area contributed by atoms with Gasteiger partial charge >= 0.3 is 0 Å². The Hall–Kier alpha value is -0.0400. The lowest BCUT2D eigenvalue weighted by Gasteiger charge is -2.33. The molecule has 2 atom stereocenters. The predicted octanol–water partition coefficient (Wildman–Crippen LogP) is 5.83. The Morgan fingerprint density at radius 1 is 0.550 bits per heavy atom. The summed E-state index contributed by atoms with van der Waals surface area (Å²) in [5.74, 6) is 0.908. The van der Waals surface area contributed by atoms with Gasteiger partial charge in [0.25, 0.3) is 0 Å². The van der Waals surface area contributed by atoms with E-state index in [1.54, 1.807) is 0 Å². The summed E-state index contributed by atoms with van der Waals surface area (Å²) in [7, 11) is 0. The molecule has 2 aliphatic carbocycles. The van der Waals surface area contributed by atoms with Gasteiger partial charge in [-0.3, -0.25) is 0 Å². The molecule has 0 bridgehead atoms. The highest BCUT2D eigenvalue weighted by molar-refractivity contribution is 4.82. The number of rotatable bonds is 2. The third-order valence-electron chi connectivity index (χ3n) is 5.67. The Morgan fingerprint density at radius 3 is 1.55 bits per heavy atom. The van der Waals surface area contributed by atoms with Crippen LogP contribution in [0.2, 0.25) is 0 Å². The second-order valence-electron chi connectivity index (χ2n) is 7.49. The topological polar surface area (TPSA) is 12.0 Å². The van der Waals surface area contributed by atoms with Crippen LogP contribution in [-0.4, -0.2) is 12.1 Å². The Bertz CT molecular complexity index is 226. The highest BCUT2D eigenvalue weighted by Gasteiger charge is 2.23. The third kappa shape index (κ3) is 6.16.